The van der Waals surface area contributed by atoms with E-state index in [4.69, 9.17) is 4.52 Å². The number of benzene rings is 1. The lowest BCUT2D eigenvalue weighted by atomic mass is 10.2. The number of aromatic nitrogens is 3. The number of thiophene rings is 1. The first-order valence-electron chi connectivity index (χ1n) is 8.13. The number of anilines is 1. The average molecular weight is 400 g/mol. The lowest BCUT2D eigenvalue weighted by molar-refractivity contribution is 0.400. The third-order valence-electron chi connectivity index (χ3n) is 3.83. The van der Waals surface area contributed by atoms with E-state index in [1.165, 1.54) is 23.6 Å². The monoisotopic (exact) mass is 400 g/mol. The van der Waals surface area contributed by atoms with E-state index in [1.54, 1.807) is 11.6 Å². The molecular weight excluding hydrogens is 384 g/mol. The van der Waals surface area contributed by atoms with Crippen molar-refractivity contribution < 1.29 is 12.9 Å². The Bertz CT molecular complexity index is 1150. The van der Waals surface area contributed by atoms with E-state index in [2.05, 4.69) is 15.0 Å². The van der Waals surface area contributed by atoms with Gasteiger partial charge in [-0.1, -0.05) is 41.6 Å². The summed E-state index contributed by atoms with van der Waals surface area (Å²) in [5.74, 6) is 0.659. The largest absolute Gasteiger partial charge is 0.360 e. The highest BCUT2D eigenvalue weighted by Gasteiger charge is 2.25. The summed E-state index contributed by atoms with van der Waals surface area (Å²) in [7, 11) is -3.88. The van der Waals surface area contributed by atoms with Crippen molar-refractivity contribution in [2.45, 2.75) is 18.4 Å². The third-order valence-corrected chi connectivity index (χ3v) is 6.06. The zero-order chi connectivity index (χ0) is 18.9. The van der Waals surface area contributed by atoms with Crippen LogP contribution in [0.25, 0.3) is 10.6 Å². The van der Waals surface area contributed by atoms with Crippen molar-refractivity contribution >= 4 is 27.2 Å². The standard InChI is InChI=1S/C18H16N4O3S2/c1-13-10-17(20-25-13)21-27(23,24)16-12-22(11-14-6-3-2-4-7-14)19-18(16)15-8-5-9-26-15/h2-10,12H,11H2,1H3,(H,20,21). The zero-order valence-electron chi connectivity index (χ0n) is 14.4. The molecule has 3 aromatic heterocycles. The molecule has 0 aliphatic carbocycles. The van der Waals surface area contributed by atoms with Crippen LogP contribution in [0.5, 0.6) is 0 Å². The Hall–Kier alpha value is -2.91. The van der Waals surface area contributed by atoms with Crippen molar-refractivity contribution in [2.75, 3.05) is 4.72 Å². The average Bonchev–Trinajstić information content (AvgIpc) is 3.36. The Balaban J connectivity index is 1.73. The highest BCUT2D eigenvalue weighted by atomic mass is 32.2. The highest BCUT2D eigenvalue weighted by molar-refractivity contribution is 7.92. The van der Waals surface area contributed by atoms with Crippen LogP contribution < -0.4 is 4.72 Å². The van der Waals surface area contributed by atoms with Gasteiger partial charge in [-0.15, -0.1) is 11.3 Å². The van der Waals surface area contributed by atoms with E-state index in [9.17, 15) is 8.42 Å². The van der Waals surface area contributed by atoms with E-state index in [-0.39, 0.29) is 10.7 Å². The van der Waals surface area contributed by atoms with E-state index in [1.807, 2.05) is 47.8 Å². The van der Waals surface area contributed by atoms with Crippen molar-refractivity contribution in [3.8, 4) is 10.6 Å². The van der Waals surface area contributed by atoms with E-state index >= 15 is 0 Å². The van der Waals surface area contributed by atoms with Crippen molar-refractivity contribution in [2.24, 2.45) is 0 Å². The fourth-order valence-electron chi connectivity index (χ4n) is 2.64. The minimum atomic E-state index is -3.88. The number of sulfonamides is 1. The van der Waals surface area contributed by atoms with Gasteiger partial charge < -0.3 is 4.52 Å². The van der Waals surface area contributed by atoms with Gasteiger partial charge in [0, 0.05) is 12.3 Å². The Morgan fingerprint density at radius 1 is 1.19 bits per heavy atom. The van der Waals surface area contributed by atoms with Crippen LogP contribution in [-0.2, 0) is 16.6 Å². The van der Waals surface area contributed by atoms with Gasteiger partial charge in [0.05, 0.1) is 11.4 Å². The Morgan fingerprint density at radius 2 is 2.00 bits per heavy atom. The number of nitrogens with zero attached hydrogens (tertiary/aromatic N) is 3. The summed E-state index contributed by atoms with van der Waals surface area (Å²) in [6.45, 7) is 2.16. The van der Waals surface area contributed by atoms with Gasteiger partial charge in [0.2, 0.25) is 0 Å². The number of hydrogen-bond donors (Lipinski definition) is 1. The van der Waals surface area contributed by atoms with Gasteiger partial charge in [0.15, 0.2) is 5.82 Å². The van der Waals surface area contributed by atoms with Gasteiger partial charge in [0.25, 0.3) is 10.0 Å². The first-order chi connectivity index (χ1) is 13.0. The molecule has 7 nitrogen and oxygen atoms in total. The molecule has 138 valence electrons. The number of nitrogens with one attached hydrogen (secondary N) is 1. The number of aryl methyl sites for hydroxylation is 1. The summed E-state index contributed by atoms with van der Waals surface area (Å²) < 4.78 is 34.9. The van der Waals surface area contributed by atoms with Crippen molar-refractivity contribution in [1.29, 1.82) is 0 Å². The molecule has 0 spiro atoms. The minimum Gasteiger partial charge on any atom is -0.360 e. The van der Waals surface area contributed by atoms with Crippen LogP contribution in [0, 0.1) is 6.92 Å². The Morgan fingerprint density at radius 3 is 2.67 bits per heavy atom. The second-order valence-corrected chi connectivity index (χ2v) is 8.53. The molecule has 0 radical (unpaired) electrons. The highest BCUT2D eigenvalue weighted by Crippen LogP contribution is 2.31. The molecule has 4 rings (SSSR count). The maximum atomic E-state index is 13.0. The molecule has 0 saturated heterocycles. The Labute approximate surface area is 160 Å². The smallest absolute Gasteiger partial charge is 0.266 e. The van der Waals surface area contributed by atoms with Gasteiger partial charge >= 0.3 is 0 Å². The van der Waals surface area contributed by atoms with Crippen molar-refractivity contribution in [1.82, 2.24) is 14.9 Å². The summed E-state index contributed by atoms with van der Waals surface area (Å²) >= 11 is 1.43. The molecule has 0 atom stereocenters. The normalized spacial score (nSPS) is 11.6. The van der Waals surface area contributed by atoms with Crippen LogP contribution in [0.15, 0.2) is 69.5 Å². The molecule has 9 heteroatoms. The maximum absolute atomic E-state index is 13.0. The molecule has 27 heavy (non-hydrogen) atoms. The van der Waals surface area contributed by atoms with Crippen LogP contribution in [-0.4, -0.2) is 23.4 Å². The summed E-state index contributed by atoms with van der Waals surface area (Å²) in [6.07, 6.45) is 1.54. The first-order valence-corrected chi connectivity index (χ1v) is 10.5. The van der Waals surface area contributed by atoms with Crippen molar-refractivity contribution in [3.05, 3.63) is 71.4 Å². The molecule has 0 fully saturated rings. The fraction of sp³-hybridized carbons (Fsp3) is 0.111. The van der Waals surface area contributed by atoms with Gasteiger partial charge in [-0.3, -0.25) is 9.40 Å². The molecule has 1 N–H and O–H groups in total. The molecule has 3 heterocycles. The van der Waals surface area contributed by atoms with E-state index < -0.39 is 10.0 Å². The van der Waals surface area contributed by atoms with Crippen LogP contribution >= 0.6 is 11.3 Å². The lowest BCUT2D eigenvalue weighted by Gasteiger charge is -2.03. The van der Waals surface area contributed by atoms with Crippen molar-refractivity contribution in [3.63, 3.8) is 0 Å². The van der Waals surface area contributed by atoms with Gasteiger partial charge in [-0.25, -0.2) is 8.42 Å². The first kappa shape index (κ1) is 17.5. The predicted molar refractivity (Wildman–Crippen MR) is 103 cm³/mol. The summed E-state index contributed by atoms with van der Waals surface area (Å²) in [4.78, 5) is 0.875. The second-order valence-electron chi connectivity index (χ2n) is 5.93. The lowest BCUT2D eigenvalue weighted by Crippen LogP contribution is -2.13. The number of hydrogen-bond acceptors (Lipinski definition) is 6. The molecule has 0 aliphatic rings. The Kier molecular flexibility index (Phi) is 4.54. The molecular formula is C18H16N4O3S2. The molecule has 0 unspecified atom stereocenters. The minimum absolute atomic E-state index is 0.0986. The van der Waals surface area contributed by atoms with Gasteiger partial charge in [0.1, 0.15) is 16.3 Å². The van der Waals surface area contributed by atoms with Crippen LogP contribution in [0.2, 0.25) is 0 Å². The predicted octanol–water partition coefficient (Wildman–Crippen LogP) is 3.76. The van der Waals surface area contributed by atoms with Gasteiger partial charge in [-0.05, 0) is 23.9 Å². The fourth-order valence-corrected chi connectivity index (χ4v) is 4.58. The molecule has 1 aromatic carbocycles. The summed E-state index contributed by atoms with van der Waals surface area (Å²) in [5.41, 5.74) is 1.44. The third kappa shape index (κ3) is 3.79. The van der Waals surface area contributed by atoms with Crippen LogP contribution in [0.4, 0.5) is 5.82 Å². The van der Waals surface area contributed by atoms with Gasteiger partial charge in [-0.2, -0.15) is 5.10 Å². The molecule has 0 aliphatic heterocycles. The molecule has 0 amide bonds. The van der Waals surface area contributed by atoms with Crippen LogP contribution in [0.1, 0.15) is 11.3 Å². The summed E-state index contributed by atoms with van der Waals surface area (Å²) in [6, 6.07) is 15.0. The van der Waals surface area contributed by atoms with E-state index in [0.717, 1.165) is 10.4 Å². The van der Waals surface area contributed by atoms with E-state index in [0.29, 0.717) is 18.0 Å². The SMILES string of the molecule is Cc1cc(NS(=O)(=O)c2cn(Cc3ccccc3)nc2-c2cccs2)no1. The second kappa shape index (κ2) is 7.01. The molecule has 4 aromatic rings. The molecule has 0 bridgehead atoms. The summed E-state index contributed by atoms with van der Waals surface area (Å²) in [5, 5.41) is 10.1. The zero-order valence-corrected chi connectivity index (χ0v) is 16.0. The quantitative estimate of drug-likeness (QED) is 0.532. The van der Waals surface area contributed by atoms with Crippen LogP contribution in [0.3, 0.4) is 0 Å². The maximum Gasteiger partial charge on any atom is 0.266 e. The molecule has 0 saturated carbocycles. The number of rotatable bonds is 6. The topological polar surface area (TPSA) is 90.0 Å².